The SMILES string of the molecule is C=C[C@@]1(C)CC[C@H]2[C@@](O)(CC[C@H]3[C@](C)(CO)[C@@H](O)CC[C@@]32C)C1. The van der Waals surface area contributed by atoms with Crippen molar-refractivity contribution >= 4 is 0 Å². The van der Waals surface area contributed by atoms with Gasteiger partial charge in [0, 0.05) is 5.41 Å². The number of fused-ring (bicyclic) bond motifs is 3. The van der Waals surface area contributed by atoms with Gasteiger partial charge in [-0.2, -0.15) is 0 Å². The van der Waals surface area contributed by atoms with Crippen molar-refractivity contribution in [2.45, 2.75) is 77.4 Å². The molecule has 0 aromatic heterocycles. The Morgan fingerprint density at radius 2 is 1.70 bits per heavy atom. The van der Waals surface area contributed by atoms with Crippen LogP contribution in [0.25, 0.3) is 0 Å². The molecule has 0 bridgehead atoms. The van der Waals surface area contributed by atoms with Crippen LogP contribution >= 0.6 is 0 Å². The summed E-state index contributed by atoms with van der Waals surface area (Å²) in [6.07, 6.45) is 7.84. The molecule has 23 heavy (non-hydrogen) atoms. The maximum atomic E-state index is 11.5. The van der Waals surface area contributed by atoms with Crippen molar-refractivity contribution in [1.82, 2.24) is 0 Å². The molecule has 0 aromatic rings. The fourth-order valence-corrected chi connectivity index (χ4v) is 6.66. The topological polar surface area (TPSA) is 60.7 Å². The summed E-state index contributed by atoms with van der Waals surface area (Å²) >= 11 is 0. The Bertz CT molecular complexity index is 491. The molecule has 0 spiro atoms. The highest BCUT2D eigenvalue weighted by Gasteiger charge is 2.64. The van der Waals surface area contributed by atoms with Gasteiger partial charge in [0.15, 0.2) is 0 Å². The summed E-state index contributed by atoms with van der Waals surface area (Å²) in [6, 6.07) is 0. The lowest BCUT2D eigenvalue weighted by Gasteiger charge is -2.65. The average molecular weight is 322 g/mol. The number of hydrogen-bond acceptors (Lipinski definition) is 3. The van der Waals surface area contributed by atoms with Gasteiger partial charge in [0.2, 0.25) is 0 Å². The largest absolute Gasteiger partial charge is 0.396 e. The second-order valence-corrected chi connectivity index (χ2v) is 9.55. The zero-order valence-electron chi connectivity index (χ0n) is 15.0. The highest BCUT2D eigenvalue weighted by Crippen LogP contribution is 2.66. The zero-order valence-corrected chi connectivity index (χ0v) is 15.0. The quantitative estimate of drug-likeness (QED) is 0.684. The van der Waals surface area contributed by atoms with Gasteiger partial charge in [0.1, 0.15) is 0 Å². The first kappa shape index (κ1) is 17.4. The molecular formula is C20H34O3. The van der Waals surface area contributed by atoms with Crippen LogP contribution < -0.4 is 0 Å². The zero-order chi connectivity index (χ0) is 17.1. The summed E-state index contributed by atoms with van der Waals surface area (Å²) in [6.45, 7) is 10.6. The van der Waals surface area contributed by atoms with Crippen LogP contribution in [-0.4, -0.2) is 33.6 Å². The van der Waals surface area contributed by atoms with Crippen molar-refractivity contribution < 1.29 is 15.3 Å². The van der Waals surface area contributed by atoms with E-state index >= 15 is 0 Å². The number of aliphatic hydroxyl groups excluding tert-OH is 2. The first-order valence-corrected chi connectivity index (χ1v) is 9.28. The third-order valence-corrected chi connectivity index (χ3v) is 8.17. The number of allylic oxidation sites excluding steroid dienone is 1. The van der Waals surface area contributed by atoms with Crippen LogP contribution in [0.5, 0.6) is 0 Å². The molecule has 3 nitrogen and oxygen atoms in total. The molecule has 3 heteroatoms. The van der Waals surface area contributed by atoms with E-state index in [-0.39, 0.29) is 29.3 Å². The molecule has 7 atom stereocenters. The van der Waals surface area contributed by atoms with E-state index in [2.05, 4.69) is 20.4 Å². The summed E-state index contributed by atoms with van der Waals surface area (Å²) in [7, 11) is 0. The van der Waals surface area contributed by atoms with Crippen LogP contribution in [0.15, 0.2) is 12.7 Å². The predicted molar refractivity (Wildman–Crippen MR) is 91.9 cm³/mol. The lowest BCUT2D eigenvalue weighted by molar-refractivity contribution is -0.231. The van der Waals surface area contributed by atoms with Gasteiger partial charge in [-0.25, -0.2) is 0 Å². The molecule has 0 aromatic carbocycles. The highest BCUT2D eigenvalue weighted by molar-refractivity contribution is 5.15. The molecule has 0 heterocycles. The van der Waals surface area contributed by atoms with Crippen molar-refractivity contribution in [2.24, 2.45) is 28.1 Å². The molecule has 0 saturated heterocycles. The Morgan fingerprint density at radius 1 is 1.04 bits per heavy atom. The van der Waals surface area contributed by atoms with Crippen molar-refractivity contribution in [3.63, 3.8) is 0 Å². The van der Waals surface area contributed by atoms with Crippen LogP contribution in [0.1, 0.15) is 65.7 Å². The van der Waals surface area contributed by atoms with E-state index < -0.39 is 17.1 Å². The Labute approximate surface area is 140 Å². The summed E-state index contributed by atoms with van der Waals surface area (Å²) in [4.78, 5) is 0. The van der Waals surface area contributed by atoms with Gasteiger partial charge in [0.25, 0.3) is 0 Å². The Hall–Kier alpha value is -0.380. The van der Waals surface area contributed by atoms with E-state index in [4.69, 9.17) is 0 Å². The van der Waals surface area contributed by atoms with Gasteiger partial charge in [-0.3, -0.25) is 0 Å². The van der Waals surface area contributed by atoms with Crippen LogP contribution in [0, 0.1) is 28.1 Å². The second kappa shape index (κ2) is 5.31. The number of hydrogen-bond donors (Lipinski definition) is 3. The van der Waals surface area contributed by atoms with Crippen LogP contribution in [-0.2, 0) is 0 Å². The summed E-state index contributed by atoms with van der Waals surface area (Å²) in [5.41, 5.74) is -1.02. The summed E-state index contributed by atoms with van der Waals surface area (Å²) in [5, 5.41) is 32.0. The van der Waals surface area contributed by atoms with Crippen LogP contribution in [0.4, 0.5) is 0 Å². The Balaban J connectivity index is 1.96. The lowest BCUT2D eigenvalue weighted by Crippen LogP contribution is -2.64. The molecule has 132 valence electrons. The summed E-state index contributed by atoms with van der Waals surface area (Å²) in [5.74, 6) is 0.544. The van der Waals surface area contributed by atoms with Gasteiger partial charge < -0.3 is 15.3 Å². The maximum Gasteiger partial charge on any atom is 0.0689 e. The standard InChI is InChI=1S/C20H34O3/c1-5-17(2)9-6-15-18(3)10-8-16(22)19(4,13-21)14(18)7-11-20(15,23)12-17/h5,14-16,21-23H,1,6-13H2,2-4H3/t14-,15-,16+,17+,18+,19+,20-/m1/s1. The van der Waals surface area contributed by atoms with E-state index in [9.17, 15) is 15.3 Å². The van der Waals surface area contributed by atoms with Gasteiger partial charge in [-0.1, -0.05) is 26.8 Å². The third kappa shape index (κ3) is 2.34. The fraction of sp³-hybridized carbons (Fsp3) is 0.900. The minimum absolute atomic E-state index is 0.00616. The summed E-state index contributed by atoms with van der Waals surface area (Å²) < 4.78 is 0. The van der Waals surface area contributed by atoms with Crippen molar-refractivity contribution in [2.75, 3.05) is 6.61 Å². The van der Waals surface area contributed by atoms with Crippen molar-refractivity contribution in [3.05, 3.63) is 12.7 Å². The molecular weight excluding hydrogens is 288 g/mol. The first-order valence-electron chi connectivity index (χ1n) is 9.28. The molecule has 3 aliphatic rings. The molecule has 0 unspecified atom stereocenters. The van der Waals surface area contributed by atoms with Gasteiger partial charge in [-0.05, 0) is 67.6 Å². The van der Waals surface area contributed by atoms with Crippen LogP contribution in [0.2, 0.25) is 0 Å². The number of aliphatic hydroxyl groups is 3. The molecule has 3 fully saturated rings. The minimum Gasteiger partial charge on any atom is -0.396 e. The van der Waals surface area contributed by atoms with Gasteiger partial charge >= 0.3 is 0 Å². The molecule has 0 radical (unpaired) electrons. The molecule has 3 saturated carbocycles. The third-order valence-electron chi connectivity index (χ3n) is 8.17. The van der Waals surface area contributed by atoms with Crippen LogP contribution in [0.3, 0.4) is 0 Å². The second-order valence-electron chi connectivity index (χ2n) is 9.55. The lowest BCUT2D eigenvalue weighted by atomic mass is 9.41. The Kier molecular flexibility index (Phi) is 4.02. The van der Waals surface area contributed by atoms with E-state index in [1.165, 1.54) is 0 Å². The van der Waals surface area contributed by atoms with E-state index in [1.54, 1.807) is 0 Å². The normalized spacial score (nSPS) is 56.5. The molecule has 3 aliphatic carbocycles. The first-order chi connectivity index (χ1) is 10.6. The molecule has 0 aliphatic heterocycles. The maximum absolute atomic E-state index is 11.5. The monoisotopic (exact) mass is 322 g/mol. The van der Waals surface area contributed by atoms with E-state index in [1.807, 2.05) is 13.0 Å². The van der Waals surface area contributed by atoms with Gasteiger partial charge in [-0.15, -0.1) is 6.58 Å². The highest BCUT2D eigenvalue weighted by atomic mass is 16.3. The van der Waals surface area contributed by atoms with Crippen molar-refractivity contribution in [1.29, 1.82) is 0 Å². The van der Waals surface area contributed by atoms with E-state index in [0.29, 0.717) is 0 Å². The minimum atomic E-state index is -0.620. The van der Waals surface area contributed by atoms with E-state index in [0.717, 1.165) is 44.9 Å². The predicted octanol–water partition coefficient (Wildman–Crippen LogP) is 3.28. The fourth-order valence-electron chi connectivity index (χ4n) is 6.66. The van der Waals surface area contributed by atoms with Gasteiger partial charge in [0.05, 0.1) is 18.3 Å². The Morgan fingerprint density at radius 3 is 2.30 bits per heavy atom. The smallest absolute Gasteiger partial charge is 0.0689 e. The number of rotatable bonds is 2. The molecule has 3 N–H and O–H groups in total. The average Bonchev–Trinajstić information content (AvgIpc) is 2.50. The van der Waals surface area contributed by atoms with Crippen molar-refractivity contribution in [3.8, 4) is 0 Å². The molecule has 0 amide bonds. The molecule has 3 rings (SSSR count).